The molecule has 1 aromatic heterocycles. The molecule has 0 saturated heterocycles. The second kappa shape index (κ2) is 6.37. The Morgan fingerprint density at radius 1 is 1.15 bits per heavy atom. The Morgan fingerprint density at radius 3 is 2.65 bits per heavy atom. The first-order valence-electron chi connectivity index (χ1n) is 6.71. The Kier molecular flexibility index (Phi) is 4.56. The molecule has 0 bridgehead atoms. The summed E-state index contributed by atoms with van der Waals surface area (Å²) in [5.74, 6) is 2.52. The van der Waals surface area contributed by atoms with Crippen molar-refractivity contribution in [1.29, 1.82) is 0 Å². The van der Waals surface area contributed by atoms with Gasteiger partial charge in [0.25, 0.3) is 0 Å². The molecule has 4 nitrogen and oxygen atoms in total. The lowest BCUT2D eigenvalue weighted by Gasteiger charge is -2.10. The van der Waals surface area contributed by atoms with Gasteiger partial charge in [-0.05, 0) is 25.0 Å². The van der Waals surface area contributed by atoms with Crippen molar-refractivity contribution in [2.45, 2.75) is 20.8 Å². The third kappa shape index (κ3) is 3.70. The van der Waals surface area contributed by atoms with E-state index in [1.807, 2.05) is 37.3 Å². The number of aromatic nitrogens is 2. The molecule has 0 fully saturated rings. The van der Waals surface area contributed by atoms with Crippen LogP contribution in [-0.4, -0.2) is 23.7 Å². The second-order valence-corrected chi connectivity index (χ2v) is 5.11. The Labute approximate surface area is 119 Å². The van der Waals surface area contributed by atoms with Gasteiger partial charge in [0.15, 0.2) is 5.82 Å². The van der Waals surface area contributed by atoms with E-state index >= 15 is 0 Å². The largest absolute Gasteiger partial charge is 0.497 e. The van der Waals surface area contributed by atoms with Crippen molar-refractivity contribution >= 4 is 0 Å². The van der Waals surface area contributed by atoms with Crippen LogP contribution >= 0.6 is 0 Å². The second-order valence-electron chi connectivity index (χ2n) is 5.11. The topological polar surface area (TPSA) is 44.2 Å². The summed E-state index contributed by atoms with van der Waals surface area (Å²) < 4.78 is 10.9. The van der Waals surface area contributed by atoms with Crippen LogP contribution in [0.5, 0.6) is 11.6 Å². The number of ether oxygens (including phenoxy) is 2. The molecule has 20 heavy (non-hydrogen) atoms. The van der Waals surface area contributed by atoms with Crippen LogP contribution in [0.1, 0.15) is 19.5 Å². The molecule has 0 N–H and O–H groups in total. The molecular formula is C16H20N2O2. The zero-order valence-electron chi connectivity index (χ0n) is 12.4. The van der Waals surface area contributed by atoms with Gasteiger partial charge in [-0.1, -0.05) is 26.0 Å². The molecule has 0 unspecified atom stereocenters. The predicted molar refractivity (Wildman–Crippen MR) is 79.1 cm³/mol. The molecule has 2 aromatic rings. The van der Waals surface area contributed by atoms with Gasteiger partial charge in [0.2, 0.25) is 5.88 Å². The van der Waals surface area contributed by atoms with Crippen LogP contribution in [0.3, 0.4) is 0 Å². The van der Waals surface area contributed by atoms with Crippen molar-refractivity contribution < 1.29 is 9.47 Å². The molecule has 0 radical (unpaired) electrons. The zero-order valence-corrected chi connectivity index (χ0v) is 12.4. The lowest BCUT2D eigenvalue weighted by Crippen LogP contribution is -2.07. The Morgan fingerprint density at radius 2 is 1.95 bits per heavy atom. The fraction of sp³-hybridized carbons (Fsp3) is 0.375. The van der Waals surface area contributed by atoms with Gasteiger partial charge in [0.1, 0.15) is 5.75 Å². The van der Waals surface area contributed by atoms with E-state index in [0.29, 0.717) is 24.2 Å². The van der Waals surface area contributed by atoms with Crippen molar-refractivity contribution in [3.63, 3.8) is 0 Å². The molecule has 2 rings (SSSR count). The fourth-order valence-electron chi connectivity index (χ4n) is 1.76. The number of aryl methyl sites for hydroxylation is 1. The number of hydrogen-bond acceptors (Lipinski definition) is 4. The standard InChI is InChI=1S/C16H20N2O2/c1-11(2)10-20-15-8-12(3)17-16(18-15)13-6-5-7-14(9-13)19-4/h5-9,11H,10H2,1-4H3. The fourth-order valence-corrected chi connectivity index (χ4v) is 1.76. The summed E-state index contributed by atoms with van der Waals surface area (Å²) in [4.78, 5) is 8.92. The van der Waals surface area contributed by atoms with Crippen molar-refractivity contribution in [1.82, 2.24) is 9.97 Å². The molecule has 4 heteroatoms. The van der Waals surface area contributed by atoms with Crippen LogP contribution < -0.4 is 9.47 Å². The highest BCUT2D eigenvalue weighted by atomic mass is 16.5. The van der Waals surface area contributed by atoms with Gasteiger partial charge >= 0.3 is 0 Å². The first kappa shape index (κ1) is 14.3. The molecule has 0 amide bonds. The average molecular weight is 272 g/mol. The normalized spacial score (nSPS) is 10.7. The van der Waals surface area contributed by atoms with Crippen molar-refractivity contribution in [3.8, 4) is 23.0 Å². The molecule has 106 valence electrons. The number of rotatable bonds is 5. The highest BCUT2D eigenvalue weighted by Crippen LogP contribution is 2.23. The first-order chi connectivity index (χ1) is 9.58. The first-order valence-corrected chi connectivity index (χ1v) is 6.71. The van der Waals surface area contributed by atoms with Crippen LogP contribution in [0.2, 0.25) is 0 Å². The van der Waals surface area contributed by atoms with Crippen LogP contribution in [0.15, 0.2) is 30.3 Å². The van der Waals surface area contributed by atoms with Crippen LogP contribution in [0.25, 0.3) is 11.4 Å². The zero-order chi connectivity index (χ0) is 14.5. The van der Waals surface area contributed by atoms with Crippen molar-refractivity contribution in [2.24, 2.45) is 5.92 Å². The quantitative estimate of drug-likeness (QED) is 0.835. The van der Waals surface area contributed by atoms with E-state index in [9.17, 15) is 0 Å². The summed E-state index contributed by atoms with van der Waals surface area (Å²) >= 11 is 0. The Balaban J connectivity index is 2.31. The van der Waals surface area contributed by atoms with E-state index in [0.717, 1.165) is 17.0 Å². The smallest absolute Gasteiger partial charge is 0.217 e. The third-order valence-electron chi connectivity index (χ3n) is 2.72. The lowest BCUT2D eigenvalue weighted by atomic mass is 10.2. The number of benzene rings is 1. The maximum absolute atomic E-state index is 5.68. The van der Waals surface area contributed by atoms with Gasteiger partial charge in [-0.15, -0.1) is 0 Å². The molecule has 0 aliphatic heterocycles. The summed E-state index contributed by atoms with van der Waals surface area (Å²) in [6.45, 7) is 6.80. The van der Waals surface area contributed by atoms with Crippen LogP contribution in [0.4, 0.5) is 0 Å². The summed E-state index contributed by atoms with van der Waals surface area (Å²) in [5, 5.41) is 0. The van der Waals surface area contributed by atoms with Gasteiger partial charge in [-0.3, -0.25) is 0 Å². The molecule has 1 heterocycles. The monoisotopic (exact) mass is 272 g/mol. The molecular weight excluding hydrogens is 252 g/mol. The van der Waals surface area contributed by atoms with Crippen LogP contribution in [0, 0.1) is 12.8 Å². The van der Waals surface area contributed by atoms with E-state index < -0.39 is 0 Å². The highest BCUT2D eigenvalue weighted by Gasteiger charge is 2.07. The SMILES string of the molecule is COc1cccc(-c2nc(C)cc(OCC(C)C)n2)c1. The number of hydrogen-bond donors (Lipinski definition) is 0. The van der Waals surface area contributed by atoms with Crippen molar-refractivity contribution in [2.75, 3.05) is 13.7 Å². The molecule has 0 saturated carbocycles. The van der Waals surface area contributed by atoms with E-state index in [1.165, 1.54) is 0 Å². The average Bonchev–Trinajstić information content (AvgIpc) is 2.44. The van der Waals surface area contributed by atoms with Gasteiger partial charge < -0.3 is 9.47 Å². The summed E-state index contributed by atoms with van der Waals surface area (Å²) in [6.07, 6.45) is 0. The minimum atomic E-state index is 0.463. The van der Waals surface area contributed by atoms with Gasteiger partial charge in [0.05, 0.1) is 13.7 Å². The molecule has 0 aliphatic carbocycles. The molecule has 0 atom stereocenters. The maximum atomic E-state index is 5.68. The minimum Gasteiger partial charge on any atom is -0.497 e. The number of nitrogens with zero attached hydrogens (tertiary/aromatic N) is 2. The summed E-state index contributed by atoms with van der Waals surface area (Å²) in [5.41, 5.74) is 1.80. The number of methoxy groups -OCH3 is 1. The van der Waals surface area contributed by atoms with E-state index in [4.69, 9.17) is 9.47 Å². The minimum absolute atomic E-state index is 0.463. The van der Waals surface area contributed by atoms with Gasteiger partial charge in [0, 0.05) is 17.3 Å². The third-order valence-corrected chi connectivity index (χ3v) is 2.72. The highest BCUT2D eigenvalue weighted by molar-refractivity contribution is 5.58. The maximum Gasteiger partial charge on any atom is 0.217 e. The van der Waals surface area contributed by atoms with E-state index in [-0.39, 0.29) is 0 Å². The molecule has 0 aliphatic rings. The van der Waals surface area contributed by atoms with Gasteiger partial charge in [-0.25, -0.2) is 4.98 Å². The van der Waals surface area contributed by atoms with Crippen LogP contribution in [-0.2, 0) is 0 Å². The Hall–Kier alpha value is -2.10. The summed E-state index contributed by atoms with van der Waals surface area (Å²) in [7, 11) is 1.65. The van der Waals surface area contributed by atoms with E-state index in [1.54, 1.807) is 7.11 Å². The summed E-state index contributed by atoms with van der Waals surface area (Å²) in [6, 6.07) is 9.56. The Bertz CT molecular complexity index is 582. The van der Waals surface area contributed by atoms with Gasteiger partial charge in [-0.2, -0.15) is 4.98 Å². The predicted octanol–water partition coefficient (Wildman–Crippen LogP) is 3.50. The molecule has 0 spiro atoms. The van der Waals surface area contributed by atoms with Crippen molar-refractivity contribution in [3.05, 3.63) is 36.0 Å². The molecule has 1 aromatic carbocycles. The lowest BCUT2D eigenvalue weighted by molar-refractivity contribution is 0.261. The van der Waals surface area contributed by atoms with E-state index in [2.05, 4.69) is 23.8 Å².